The summed E-state index contributed by atoms with van der Waals surface area (Å²) < 4.78 is 17.5. The second kappa shape index (κ2) is 26.1. The molecule has 0 spiro atoms. The molecule has 2 aliphatic heterocycles. The number of nitrogens with one attached hydrogen (secondary N) is 4. The van der Waals surface area contributed by atoms with E-state index in [4.69, 9.17) is 14.2 Å². The van der Waals surface area contributed by atoms with Crippen LogP contribution in [0.4, 0.5) is 5.69 Å². The molecule has 0 bridgehead atoms. The van der Waals surface area contributed by atoms with E-state index in [9.17, 15) is 29.1 Å². The van der Waals surface area contributed by atoms with Gasteiger partial charge in [0.2, 0.25) is 17.7 Å². The maximum Gasteiger partial charge on any atom is 0.253 e. The van der Waals surface area contributed by atoms with Gasteiger partial charge >= 0.3 is 0 Å². The molecule has 2 aliphatic rings. The molecule has 1 unspecified atom stereocenters. The van der Waals surface area contributed by atoms with Gasteiger partial charge in [0.05, 0.1) is 34.8 Å². The van der Waals surface area contributed by atoms with Gasteiger partial charge in [0.15, 0.2) is 0 Å². The zero-order valence-electron chi connectivity index (χ0n) is 45.7. The predicted octanol–water partition coefficient (Wildman–Crippen LogP) is 8.27. The molecule has 3 aromatic carbocycles. The lowest BCUT2D eigenvalue weighted by Gasteiger charge is -2.37. The second-order valence-corrected chi connectivity index (χ2v) is 22.1. The molecule has 408 valence electrons. The fraction of sp³-hybridized carbons (Fsp3) is 0.492. The van der Waals surface area contributed by atoms with E-state index >= 15 is 0 Å². The zero-order valence-corrected chi connectivity index (χ0v) is 46.5. The van der Waals surface area contributed by atoms with Crippen LogP contribution in [-0.2, 0) is 30.4 Å². The van der Waals surface area contributed by atoms with Crippen LogP contribution in [0, 0.1) is 33.1 Å². The van der Waals surface area contributed by atoms with Gasteiger partial charge in [-0.2, -0.15) is 0 Å². The van der Waals surface area contributed by atoms with E-state index in [0.717, 1.165) is 93.3 Å². The summed E-state index contributed by atoms with van der Waals surface area (Å²) in [5.74, 6) is -0.776. The minimum Gasteiger partial charge on any atom is -0.494 e. The van der Waals surface area contributed by atoms with E-state index in [1.165, 1.54) is 4.90 Å². The number of H-pyrrole nitrogens is 1. The van der Waals surface area contributed by atoms with Gasteiger partial charge in [-0.05, 0) is 143 Å². The number of carbonyl (C=O) groups excluding carboxylic acids is 4. The summed E-state index contributed by atoms with van der Waals surface area (Å²) in [6.07, 6.45) is 3.27. The summed E-state index contributed by atoms with van der Waals surface area (Å²) in [6.45, 7) is 20.1. The average molecular weight is 1060 g/mol. The number of aliphatic hydroxyl groups is 1. The maximum atomic E-state index is 14.1. The molecule has 2 aromatic heterocycles. The van der Waals surface area contributed by atoms with Crippen LogP contribution in [0.3, 0.4) is 0 Å². The molecule has 0 radical (unpaired) electrons. The highest BCUT2D eigenvalue weighted by molar-refractivity contribution is 7.13. The average Bonchev–Trinajstić information content (AvgIpc) is 4.02. The van der Waals surface area contributed by atoms with Crippen LogP contribution in [0.2, 0.25) is 0 Å². The lowest BCUT2D eigenvalue weighted by Crippen LogP contribution is -2.58. The fourth-order valence-electron chi connectivity index (χ4n) is 10.2. The lowest BCUT2D eigenvalue weighted by atomic mass is 9.85. The number of thiazole rings is 1. The number of nitrogens with zero attached hydrogens (tertiary/aromatic N) is 3. The molecule has 76 heavy (non-hydrogen) atoms. The van der Waals surface area contributed by atoms with E-state index in [2.05, 4.69) is 43.8 Å². The normalized spacial score (nSPS) is 16.7. The Kier molecular flexibility index (Phi) is 19.7. The summed E-state index contributed by atoms with van der Waals surface area (Å²) in [6, 6.07) is 19.9. The highest BCUT2D eigenvalue weighted by atomic mass is 32.1. The Morgan fingerprint density at radius 3 is 2.28 bits per heavy atom. The third kappa shape index (κ3) is 14.5. The van der Waals surface area contributed by atoms with Crippen LogP contribution < -0.4 is 31.1 Å². The molecule has 0 aliphatic carbocycles. The number of aryl methyl sites for hydroxylation is 3. The van der Waals surface area contributed by atoms with Gasteiger partial charge in [-0.15, -0.1) is 11.3 Å². The number of ether oxygens (including phenoxy) is 3. The monoisotopic (exact) mass is 1060 g/mol. The lowest BCUT2D eigenvalue weighted by molar-refractivity contribution is -0.144. The number of unbranched alkanes of at least 4 members (excludes halogenated alkanes) is 2. The van der Waals surface area contributed by atoms with Crippen molar-refractivity contribution in [1.82, 2.24) is 30.8 Å². The van der Waals surface area contributed by atoms with E-state index in [-0.39, 0.29) is 55.6 Å². The van der Waals surface area contributed by atoms with Gasteiger partial charge in [0.1, 0.15) is 24.4 Å². The first-order chi connectivity index (χ1) is 36.3. The van der Waals surface area contributed by atoms with Gasteiger partial charge in [0, 0.05) is 74.4 Å². The van der Waals surface area contributed by atoms with Gasteiger partial charge < -0.3 is 50.1 Å². The number of amides is 4. The van der Waals surface area contributed by atoms with Crippen molar-refractivity contribution in [1.29, 1.82) is 0 Å². The van der Waals surface area contributed by atoms with Crippen molar-refractivity contribution < 1.29 is 38.5 Å². The van der Waals surface area contributed by atoms with E-state index in [1.807, 2.05) is 122 Å². The Morgan fingerprint density at radius 2 is 1.62 bits per heavy atom. The molecule has 4 amide bonds. The minimum atomic E-state index is -0.962. The number of hydrogen-bond donors (Lipinski definition) is 5. The smallest absolute Gasteiger partial charge is 0.253 e. The Hall–Kier alpha value is -6.40. The molecule has 16 nitrogen and oxygen atoms in total. The Morgan fingerprint density at radius 1 is 0.921 bits per heavy atom. The number of benzene rings is 3. The van der Waals surface area contributed by atoms with Crippen LogP contribution in [0.15, 0.2) is 77.0 Å². The quantitative estimate of drug-likeness (QED) is 0.0418. The fourth-order valence-corrected chi connectivity index (χ4v) is 11.0. The zero-order chi connectivity index (χ0) is 54.7. The number of aromatic amines is 1. The van der Waals surface area contributed by atoms with Crippen LogP contribution >= 0.6 is 11.3 Å². The molecule has 4 heterocycles. The van der Waals surface area contributed by atoms with Crippen LogP contribution in [-0.4, -0.2) is 114 Å². The van der Waals surface area contributed by atoms with Crippen molar-refractivity contribution in [3.8, 4) is 27.3 Å². The van der Waals surface area contributed by atoms with E-state index in [0.29, 0.717) is 44.0 Å². The Bertz CT molecular complexity index is 2850. The van der Waals surface area contributed by atoms with Gasteiger partial charge in [-0.25, -0.2) is 4.98 Å². The first-order valence-electron chi connectivity index (χ1n) is 26.7. The standard InChI is InChI=1S/C59H77N7O9S/c1-10-65(45-22-26-73-27-23-45)50-30-44(29-48(38(50)4)55(69)60-32-49-36(2)28-37(3)62-56(49)70)42-18-20-47(21-19-42)75-25-13-11-12-24-74-34-52(68)64-54(59(7,8)9)58(72)66-33-46(67)31-51(66)57(71)63-39(5)41-14-16-43(17-15-41)53-40(6)61-35-76-53/h14-21,28-30,35,39,45-46,51,54,67H,10-13,22-27,31-34H2,1-9H3,(H,60,69)(H,62,70)(H,63,71)(H,64,68)/t39-,46+,51-,54?/m0/s1. The summed E-state index contributed by atoms with van der Waals surface area (Å²) in [5, 5.41) is 19.6. The summed E-state index contributed by atoms with van der Waals surface area (Å²) in [4.78, 5) is 79.9. The molecule has 2 fully saturated rings. The number of aliphatic hydroxyl groups excluding tert-OH is 1. The maximum absolute atomic E-state index is 14.1. The molecule has 4 atom stereocenters. The van der Waals surface area contributed by atoms with Crippen molar-refractivity contribution in [3.63, 3.8) is 0 Å². The molecule has 17 heteroatoms. The number of anilines is 1. The molecule has 7 rings (SSSR count). The first kappa shape index (κ1) is 57.3. The Labute approximate surface area is 451 Å². The first-order valence-corrected chi connectivity index (χ1v) is 27.6. The van der Waals surface area contributed by atoms with Crippen molar-refractivity contribution in [2.24, 2.45) is 5.41 Å². The van der Waals surface area contributed by atoms with E-state index in [1.54, 1.807) is 11.3 Å². The number of pyridine rings is 1. The molecule has 5 N–H and O–H groups in total. The van der Waals surface area contributed by atoms with E-state index < -0.39 is 35.4 Å². The van der Waals surface area contributed by atoms with Gasteiger partial charge in [0.25, 0.3) is 11.5 Å². The largest absolute Gasteiger partial charge is 0.494 e. The van der Waals surface area contributed by atoms with Crippen molar-refractivity contribution in [2.45, 2.75) is 138 Å². The summed E-state index contributed by atoms with van der Waals surface area (Å²) >= 11 is 1.57. The predicted molar refractivity (Wildman–Crippen MR) is 298 cm³/mol. The molecular weight excluding hydrogens is 983 g/mol. The van der Waals surface area contributed by atoms with Crippen LogP contribution in [0.5, 0.6) is 5.75 Å². The summed E-state index contributed by atoms with van der Waals surface area (Å²) in [5.41, 5.74) is 10.2. The topological polar surface area (TPSA) is 205 Å². The van der Waals surface area contributed by atoms with Crippen LogP contribution in [0.25, 0.3) is 21.6 Å². The van der Waals surface area contributed by atoms with Crippen molar-refractivity contribution in [3.05, 3.63) is 122 Å². The third-order valence-electron chi connectivity index (χ3n) is 14.5. The number of β-amino-alcohol motifs (C(OH)–C–C–N with tert-alkyl or cyclic N) is 1. The number of hydrogen-bond acceptors (Lipinski definition) is 12. The molecule has 5 aromatic rings. The number of rotatable bonds is 22. The number of likely N-dealkylation sites (tertiary alicyclic amines) is 1. The van der Waals surface area contributed by atoms with Crippen molar-refractivity contribution >= 4 is 40.7 Å². The highest BCUT2D eigenvalue weighted by Gasteiger charge is 2.45. The molecule has 0 saturated carbocycles. The van der Waals surface area contributed by atoms with Gasteiger partial charge in [-0.3, -0.25) is 24.0 Å². The van der Waals surface area contributed by atoms with Crippen molar-refractivity contribution in [2.75, 3.05) is 51.0 Å². The minimum absolute atomic E-state index is 0.0180. The SMILES string of the molecule is CCN(c1cc(-c2ccc(OCCCCCOCC(=O)NC(C(=O)N3C[C@H](O)C[C@H]3C(=O)N[C@@H](C)c3ccc(-c4scnc4C)cc3)C(C)(C)C)cc2)cc(C(=O)NCc2c(C)cc(C)[nH]c2=O)c1C)C1CCOCC1. The van der Waals surface area contributed by atoms with Gasteiger partial charge in [-0.1, -0.05) is 57.2 Å². The second-order valence-electron chi connectivity index (χ2n) is 21.3. The Balaban J connectivity index is 0.874. The number of carbonyl (C=O) groups is 4. The summed E-state index contributed by atoms with van der Waals surface area (Å²) in [7, 11) is 0. The van der Waals surface area contributed by atoms with Crippen LogP contribution in [0.1, 0.15) is 123 Å². The third-order valence-corrected chi connectivity index (χ3v) is 15.5. The molecule has 2 saturated heterocycles. The molecular formula is C59H77N7O9S. The number of aromatic nitrogens is 2. The highest BCUT2D eigenvalue weighted by Crippen LogP contribution is 2.35.